The zero-order valence-corrected chi connectivity index (χ0v) is 17.6. The Balaban J connectivity index is 0.00000484. The first kappa shape index (κ1) is 22.9. The van der Waals surface area contributed by atoms with E-state index in [2.05, 4.69) is 10.3 Å². The molecule has 0 radical (unpaired) electrons. The Morgan fingerprint density at radius 3 is 2.57 bits per heavy atom. The standard InChI is InChI=1S/C14H29N3O4S.HI/c1-14(2)12-17(7-11-22(14,18)19)13(15-3)16-6-5-8-21-10-9-20-4;/h5-12H2,1-4H3,(H,15,16);1H. The van der Waals surface area contributed by atoms with Gasteiger partial charge in [-0.25, -0.2) is 8.42 Å². The summed E-state index contributed by atoms with van der Waals surface area (Å²) in [5.41, 5.74) is 0. The Morgan fingerprint density at radius 2 is 2.00 bits per heavy atom. The van der Waals surface area contributed by atoms with Gasteiger partial charge in [-0.2, -0.15) is 0 Å². The van der Waals surface area contributed by atoms with Crippen LogP contribution in [0.4, 0.5) is 0 Å². The predicted octanol–water partition coefficient (Wildman–Crippen LogP) is 0.742. The highest BCUT2D eigenvalue weighted by atomic mass is 127. The molecule has 7 nitrogen and oxygen atoms in total. The average Bonchev–Trinajstić information content (AvgIpc) is 2.45. The topological polar surface area (TPSA) is 80.2 Å². The quantitative estimate of drug-likeness (QED) is 0.260. The smallest absolute Gasteiger partial charge is 0.193 e. The third-order valence-corrected chi connectivity index (χ3v) is 6.27. The van der Waals surface area contributed by atoms with Crippen LogP contribution in [0, 0.1) is 0 Å². The molecule has 1 aliphatic rings. The van der Waals surface area contributed by atoms with Crippen LogP contribution < -0.4 is 5.32 Å². The van der Waals surface area contributed by atoms with Crippen LogP contribution >= 0.6 is 24.0 Å². The lowest BCUT2D eigenvalue weighted by Crippen LogP contribution is -2.57. The Bertz CT molecular complexity index is 469. The molecule has 138 valence electrons. The number of guanidine groups is 1. The lowest BCUT2D eigenvalue weighted by molar-refractivity contribution is 0.0698. The van der Waals surface area contributed by atoms with Crippen LogP contribution in [-0.2, 0) is 19.3 Å². The number of hydrogen-bond donors (Lipinski definition) is 1. The first-order valence-corrected chi connectivity index (χ1v) is 9.24. The summed E-state index contributed by atoms with van der Waals surface area (Å²) in [6, 6.07) is 0. The molecule has 0 aliphatic carbocycles. The summed E-state index contributed by atoms with van der Waals surface area (Å²) in [4.78, 5) is 6.25. The van der Waals surface area contributed by atoms with E-state index >= 15 is 0 Å². The van der Waals surface area contributed by atoms with Crippen molar-refractivity contribution in [1.82, 2.24) is 10.2 Å². The van der Waals surface area contributed by atoms with Crippen molar-refractivity contribution in [3.8, 4) is 0 Å². The number of sulfone groups is 1. The van der Waals surface area contributed by atoms with Crippen LogP contribution in [0.2, 0.25) is 0 Å². The Kier molecular flexibility index (Phi) is 10.6. The van der Waals surface area contributed by atoms with Crippen LogP contribution in [0.15, 0.2) is 4.99 Å². The van der Waals surface area contributed by atoms with Gasteiger partial charge >= 0.3 is 0 Å². The van der Waals surface area contributed by atoms with Gasteiger partial charge in [-0.1, -0.05) is 0 Å². The Hall–Kier alpha value is -0.130. The van der Waals surface area contributed by atoms with Gasteiger partial charge in [0.1, 0.15) is 0 Å². The monoisotopic (exact) mass is 463 g/mol. The fraction of sp³-hybridized carbons (Fsp3) is 0.929. The molecule has 1 aliphatic heterocycles. The molecule has 1 fully saturated rings. The van der Waals surface area contributed by atoms with Gasteiger partial charge in [0.25, 0.3) is 0 Å². The van der Waals surface area contributed by atoms with E-state index in [0.29, 0.717) is 32.9 Å². The zero-order valence-electron chi connectivity index (χ0n) is 14.5. The molecule has 0 aromatic heterocycles. The van der Waals surface area contributed by atoms with Crippen molar-refractivity contribution in [1.29, 1.82) is 0 Å². The molecule has 0 atom stereocenters. The van der Waals surface area contributed by atoms with Gasteiger partial charge in [-0.3, -0.25) is 4.99 Å². The van der Waals surface area contributed by atoms with Crippen molar-refractivity contribution >= 4 is 39.8 Å². The molecule has 9 heteroatoms. The van der Waals surface area contributed by atoms with Gasteiger partial charge in [-0.05, 0) is 20.3 Å². The van der Waals surface area contributed by atoms with E-state index in [1.54, 1.807) is 28.0 Å². The van der Waals surface area contributed by atoms with Crippen molar-refractivity contribution < 1.29 is 17.9 Å². The van der Waals surface area contributed by atoms with E-state index in [9.17, 15) is 8.42 Å². The maximum Gasteiger partial charge on any atom is 0.193 e. The molecular formula is C14H30IN3O4S. The summed E-state index contributed by atoms with van der Waals surface area (Å²) >= 11 is 0. The minimum atomic E-state index is -3.03. The van der Waals surface area contributed by atoms with Gasteiger partial charge in [0.05, 0.1) is 23.7 Å². The molecular weight excluding hydrogens is 433 g/mol. The maximum atomic E-state index is 12.0. The van der Waals surface area contributed by atoms with E-state index in [1.165, 1.54) is 0 Å². The third-order valence-electron chi connectivity index (χ3n) is 3.74. The normalized spacial score (nSPS) is 20.0. The number of methoxy groups -OCH3 is 1. The highest BCUT2D eigenvalue weighted by molar-refractivity contribution is 14.0. The predicted molar refractivity (Wildman–Crippen MR) is 104 cm³/mol. The number of halogens is 1. The SMILES string of the molecule is CN=C(NCCCOCCOC)N1CCS(=O)(=O)C(C)(C)C1.I. The highest BCUT2D eigenvalue weighted by Crippen LogP contribution is 2.23. The third kappa shape index (κ3) is 7.10. The first-order chi connectivity index (χ1) is 10.3. The summed E-state index contributed by atoms with van der Waals surface area (Å²) in [7, 11) is 0.334. The molecule has 0 saturated carbocycles. The van der Waals surface area contributed by atoms with Gasteiger partial charge in [0.2, 0.25) is 0 Å². The Morgan fingerprint density at radius 1 is 1.30 bits per heavy atom. The van der Waals surface area contributed by atoms with Crippen molar-refractivity contribution in [3.05, 3.63) is 0 Å². The van der Waals surface area contributed by atoms with Crippen molar-refractivity contribution in [2.45, 2.75) is 25.0 Å². The molecule has 0 spiro atoms. The number of aliphatic imine (C=N–C) groups is 1. The molecule has 0 unspecified atom stereocenters. The van der Waals surface area contributed by atoms with Crippen molar-refractivity contribution in [3.63, 3.8) is 0 Å². The second-order valence-electron chi connectivity index (χ2n) is 5.93. The van der Waals surface area contributed by atoms with Gasteiger partial charge in [0.15, 0.2) is 15.8 Å². The molecule has 0 aromatic carbocycles. The Labute approximate surface area is 157 Å². The fourth-order valence-corrected chi connectivity index (χ4v) is 3.64. The molecule has 1 N–H and O–H groups in total. The largest absolute Gasteiger partial charge is 0.382 e. The number of nitrogens with zero attached hydrogens (tertiary/aromatic N) is 2. The number of nitrogens with one attached hydrogen (secondary N) is 1. The van der Waals surface area contributed by atoms with Crippen LogP contribution in [0.25, 0.3) is 0 Å². The minimum absolute atomic E-state index is 0. The van der Waals surface area contributed by atoms with Crippen LogP contribution in [0.3, 0.4) is 0 Å². The zero-order chi connectivity index (χ0) is 16.6. The lowest BCUT2D eigenvalue weighted by atomic mass is 10.2. The van der Waals surface area contributed by atoms with E-state index in [1.807, 2.05) is 4.90 Å². The van der Waals surface area contributed by atoms with Crippen molar-refractivity contribution in [2.75, 3.05) is 59.4 Å². The second kappa shape index (κ2) is 10.7. The summed E-state index contributed by atoms with van der Waals surface area (Å²) in [5, 5.41) is 3.27. The van der Waals surface area contributed by atoms with Crippen LogP contribution in [-0.4, -0.2) is 83.4 Å². The lowest BCUT2D eigenvalue weighted by Gasteiger charge is -2.39. The summed E-state index contributed by atoms with van der Waals surface area (Å²) in [6.45, 7) is 7.08. The number of ether oxygens (including phenoxy) is 2. The highest BCUT2D eigenvalue weighted by Gasteiger charge is 2.40. The van der Waals surface area contributed by atoms with Crippen molar-refractivity contribution in [2.24, 2.45) is 4.99 Å². The molecule has 1 saturated heterocycles. The second-order valence-corrected chi connectivity index (χ2v) is 8.68. The fourth-order valence-electron chi connectivity index (χ4n) is 2.28. The van der Waals surface area contributed by atoms with E-state index < -0.39 is 14.6 Å². The molecule has 23 heavy (non-hydrogen) atoms. The maximum absolute atomic E-state index is 12.0. The van der Waals surface area contributed by atoms with E-state index in [4.69, 9.17) is 9.47 Å². The first-order valence-electron chi connectivity index (χ1n) is 7.58. The molecule has 1 heterocycles. The minimum Gasteiger partial charge on any atom is -0.382 e. The summed E-state index contributed by atoms with van der Waals surface area (Å²) in [5.74, 6) is 0.917. The number of rotatable bonds is 7. The van der Waals surface area contributed by atoms with Crippen LogP contribution in [0.5, 0.6) is 0 Å². The van der Waals surface area contributed by atoms with Gasteiger partial charge in [-0.15, -0.1) is 24.0 Å². The average molecular weight is 463 g/mol. The van der Waals surface area contributed by atoms with Gasteiger partial charge in [0, 0.05) is 40.4 Å². The number of hydrogen-bond acceptors (Lipinski definition) is 5. The molecule has 0 amide bonds. The molecule has 1 rings (SSSR count). The summed E-state index contributed by atoms with van der Waals surface area (Å²) in [6.07, 6.45) is 0.859. The summed E-state index contributed by atoms with van der Waals surface area (Å²) < 4.78 is 33.6. The molecule has 0 bridgehead atoms. The van der Waals surface area contributed by atoms with Gasteiger partial charge < -0.3 is 19.7 Å². The van der Waals surface area contributed by atoms with Crippen LogP contribution in [0.1, 0.15) is 20.3 Å². The molecule has 0 aromatic rings. The van der Waals surface area contributed by atoms with E-state index in [-0.39, 0.29) is 29.7 Å². The van der Waals surface area contributed by atoms with E-state index in [0.717, 1.165) is 18.9 Å².